The number of rotatable bonds is 6. The van der Waals surface area contributed by atoms with Gasteiger partial charge in [-0.1, -0.05) is 0 Å². The molecule has 1 aromatic rings. The van der Waals surface area contributed by atoms with E-state index in [4.69, 9.17) is 15.9 Å². The van der Waals surface area contributed by atoms with Crippen molar-refractivity contribution in [2.24, 2.45) is 5.73 Å². The van der Waals surface area contributed by atoms with Crippen molar-refractivity contribution in [1.82, 2.24) is 0 Å². The fraction of sp³-hybridized carbons (Fsp3) is 0.462. The molecule has 1 fully saturated rings. The predicted octanol–water partition coefficient (Wildman–Crippen LogP) is 1.72. The molecule has 0 atom stereocenters. The first-order valence-corrected chi connectivity index (χ1v) is 6.03. The second-order valence-electron chi connectivity index (χ2n) is 4.49. The fourth-order valence-electron chi connectivity index (χ4n) is 2.05. The van der Waals surface area contributed by atoms with Crippen molar-refractivity contribution in [1.29, 1.82) is 5.41 Å². The number of nitrogen functional groups attached to an aromatic ring is 1. The quantitative estimate of drug-likeness (QED) is 0.598. The highest BCUT2D eigenvalue weighted by Crippen LogP contribution is 2.33. The largest absolute Gasteiger partial charge is 0.384 e. The van der Waals surface area contributed by atoms with E-state index < -0.39 is 0 Å². The minimum Gasteiger partial charge on any atom is -0.384 e. The Morgan fingerprint density at radius 2 is 2.28 bits per heavy atom. The van der Waals surface area contributed by atoms with Gasteiger partial charge in [-0.3, -0.25) is 5.41 Å². The van der Waals surface area contributed by atoms with E-state index in [1.54, 1.807) is 13.2 Å². The number of hydrogen-bond acceptors (Lipinski definition) is 3. The molecule has 5 heteroatoms. The molecule has 0 heterocycles. The number of nitrogens with one attached hydrogen (secondary N) is 1. The molecule has 0 radical (unpaired) electrons. The van der Waals surface area contributed by atoms with Crippen LogP contribution in [-0.2, 0) is 4.74 Å². The van der Waals surface area contributed by atoms with Crippen molar-refractivity contribution < 1.29 is 9.13 Å². The predicted molar refractivity (Wildman–Crippen MR) is 69.7 cm³/mol. The monoisotopic (exact) mass is 251 g/mol. The van der Waals surface area contributed by atoms with E-state index in [0.717, 1.165) is 25.1 Å². The number of anilines is 1. The maximum Gasteiger partial charge on any atom is 0.125 e. The Morgan fingerprint density at radius 3 is 2.83 bits per heavy atom. The zero-order valence-electron chi connectivity index (χ0n) is 10.4. The summed E-state index contributed by atoms with van der Waals surface area (Å²) in [7, 11) is 1.65. The molecule has 1 saturated carbocycles. The molecule has 1 aliphatic rings. The smallest absolute Gasteiger partial charge is 0.125 e. The highest BCUT2D eigenvalue weighted by Gasteiger charge is 2.30. The third-order valence-corrected chi connectivity index (χ3v) is 3.08. The molecule has 4 nitrogen and oxygen atoms in total. The van der Waals surface area contributed by atoms with Gasteiger partial charge in [0.2, 0.25) is 0 Å². The summed E-state index contributed by atoms with van der Waals surface area (Å²) in [4.78, 5) is 2.15. The summed E-state index contributed by atoms with van der Waals surface area (Å²) in [6, 6.07) is 4.88. The minimum absolute atomic E-state index is 0.104. The summed E-state index contributed by atoms with van der Waals surface area (Å²) in [5, 5.41) is 7.56. The molecule has 0 spiro atoms. The lowest BCUT2D eigenvalue weighted by Crippen LogP contribution is -2.31. The van der Waals surface area contributed by atoms with Crippen molar-refractivity contribution in [2.75, 3.05) is 25.2 Å². The second kappa shape index (κ2) is 5.35. The van der Waals surface area contributed by atoms with Crippen molar-refractivity contribution in [2.45, 2.75) is 18.9 Å². The summed E-state index contributed by atoms with van der Waals surface area (Å²) in [5.74, 6) is -0.473. The lowest BCUT2D eigenvalue weighted by Gasteiger charge is -2.26. The molecule has 98 valence electrons. The number of nitrogens with zero attached hydrogens (tertiary/aromatic N) is 1. The van der Waals surface area contributed by atoms with Gasteiger partial charge in [0.05, 0.1) is 6.61 Å². The summed E-state index contributed by atoms with van der Waals surface area (Å²) in [6.45, 7) is 1.33. The van der Waals surface area contributed by atoms with Crippen molar-refractivity contribution in [3.63, 3.8) is 0 Å². The fourth-order valence-corrected chi connectivity index (χ4v) is 2.05. The lowest BCUT2D eigenvalue weighted by atomic mass is 10.1. The third-order valence-electron chi connectivity index (χ3n) is 3.08. The Hall–Kier alpha value is -1.62. The molecule has 18 heavy (non-hydrogen) atoms. The maximum atomic E-state index is 13.2. The van der Waals surface area contributed by atoms with Gasteiger partial charge >= 0.3 is 0 Å². The van der Waals surface area contributed by atoms with E-state index in [2.05, 4.69) is 4.90 Å². The molecule has 0 aliphatic heterocycles. The number of ether oxygens (including phenoxy) is 1. The average Bonchev–Trinajstić information content (AvgIpc) is 3.15. The molecule has 3 N–H and O–H groups in total. The summed E-state index contributed by atoms with van der Waals surface area (Å²) < 4.78 is 18.3. The standard InChI is InChI=1S/C13H18FN3O/c1-18-7-6-17(10-3-4-10)12-5-2-9(14)8-11(12)13(15)16/h2,5,8,10H,3-4,6-7H2,1H3,(H3,15,16). The van der Waals surface area contributed by atoms with Crippen LogP contribution in [0.1, 0.15) is 18.4 Å². The number of hydrogen-bond donors (Lipinski definition) is 2. The Bertz CT molecular complexity index is 446. The Balaban J connectivity index is 2.30. The first-order valence-electron chi connectivity index (χ1n) is 6.03. The van der Waals surface area contributed by atoms with Gasteiger partial charge in [0, 0.05) is 30.9 Å². The molecule has 2 rings (SSSR count). The first kappa shape index (κ1) is 12.8. The van der Waals surface area contributed by atoms with Crippen molar-refractivity contribution in [3.05, 3.63) is 29.6 Å². The number of halogens is 1. The Morgan fingerprint density at radius 1 is 1.56 bits per heavy atom. The van der Waals surface area contributed by atoms with Gasteiger partial charge in [-0.25, -0.2) is 4.39 Å². The molecular weight excluding hydrogens is 233 g/mol. The third kappa shape index (κ3) is 2.79. The van der Waals surface area contributed by atoms with E-state index in [1.807, 2.05) is 0 Å². The minimum atomic E-state index is -0.369. The number of amidine groups is 1. The maximum absolute atomic E-state index is 13.2. The van der Waals surface area contributed by atoms with Crippen LogP contribution in [0.5, 0.6) is 0 Å². The van der Waals surface area contributed by atoms with E-state index >= 15 is 0 Å². The Kier molecular flexibility index (Phi) is 3.81. The number of nitrogens with two attached hydrogens (primary N) is 1. The van der Waals surface area contributed by atoms with Crippen molar-refractivity contribution in [3.8, 4) is 0 Å². The van der Waals surface area contributed by atoms with Crippen molar-refractivity contribution >= 4 is 11.5 Å². The molecule has 0 amide bonds. The van der Waals surface area contributed by atoms with Crippen LogP contribution in [0.15, 0.2) is 18.2 Å². The highest BCUT2D eigenvalue weighted by molar-refractivity contribution is 6.00. The zero-order chi connectivity index (χ0) is 13.1. The molecule has 1 aliphatic carbocycles. The van der Waals surface area contributed by atoms with Gasteiger partial charge in [0.25, 0.3) is 0 Å². The van der Waals surface area contributed by atoms with Crippen LogP contribution in [-0.4, -0.2) is 32.1 Å². The van der Waals surface area contributed by atoms with Gasteiger partial charge in [0.15, 0.2) is 0 Å². The Labute approximate surface area is 106 Å². The molecule has 0 unspecified atom stereocenters. The average molecular weight is 251 g/mol. The molecule has 1 aromatic carbocycles. The molecule has 0 aromatic heterocycles. The van der Waals surface area contributed by atoms with E-state index in [0.29, 0.717) is 18.2 Å². The van der Waals surface area contributed by atoms with Gasteiger partial charge in [-0.05, 0) is 31.0 Å². The number of methoxy groups -OCH3 is 1. The van der Waals surface area contributed by atoms with Gasteiger partial charge in [-0.2, -0.15) is 0 Å². The van der Waals surface area contributed by atoms with Crippen LogP contribution in [0, 0.1) is 11.2 Å². The van der Waals surface area contributed by atoms with E-state index in [1.165, 1.54) is 12.1 Å². The van der Waals surface area contributed by atoms with E-state index in [9.17, 15) is 4.39 Å². The van der Waals surface area contributed by atoms with Gasteiger partial charge in [0.1, 0.15) is 11.7 Å². The van der Waals surface area contributed by atoms with Crippen LogP contribution in [0.25, 0.3) is 0 Å². The lowest BCUT2D eigenvalue weighted by molar-refractivity contribution is 0.205. The summed E-state index contributed by atoms with van der Waals surface area (Å²) in [6.07, 6.45) is 2.25. The topological polar surface area (TPSA) is 62.3 Å². The first-order chi connectivity index (χ1) is 8.63. The summed E-state index contributed by atoms with van der Waals surface area (Å²) >= 11 is 0. The summed E-state index contributed by atoms with van der Waals surface area (Å²) in [5.41, 5.74) is 6.81. The highest BCUT2D eigenvalue weighted by atomic mass is 19.1. The molecule has 0 saturated heterocycles. The second-order valence-corrected chi connectivity index (χ2v) is 4.49. The van der Waals surface area contributed by atoms with Gasteiger partial charge < -0.3 is 15.4 Å². The SMILES string of the molecule is COCCN(c1ccc(F)cc1C(=N)N)C1CC1. The number of benzene rings is 1. The van der Waals surface area contributed by atoms with Crippen LogP contribution >= 0.6 is 0 Å². The molecular formula is C13H18FN3O. The van der Waals surface area contributed by atoms with Crippen LogP contribution < -0.4 is 10.6 Å². The molecule has 0 bridgehead atoms. The van der Waals surface area contributed by atoms with Crippen LogP contribution in [0.3, 0.4) is 0 Å². The van der Waals surface area contributed by atoms with Crippen LogP contribution in [0.4, 0.5) is 10.1 Å². The zero-order valence-corrected chi connectivity index (χ0v) is 10.4. The van der Waals surface area contributed by atoms with E-state index in [-0.39, 0.29) is 11.7 Å². The van der Waals surface area contributed by atoms with Gasteiger partial charge in [-0.15, -0.1) is 0 Å². The normalized spacial score (nSPS) is 14.6. The van der Waals surface area contributed by atoms with Crippen LogP contribution in [0.2, 0.25) is 0 Å².